The molecule has 1 N–H and O–H groups in total. The largest absolute Gasteiger partial charge is 0.311 e. The Morgan fingerprint density at radius 3 is 2.24 bits per heavy atom. The SMILES string of the molecule is CNC(c1cc(C)cc(F)c1)C(C)(C)N1CCCCCC1. The Balaban J connectivity index is 2.28. The molecule has 0 bridgehead atoms. The Labute approximate surface area is 128 Å². The van der Waals surface area contributed by atoms with Crippen LogP contribution in [0.1, 0.15) is 56.7 Å². The molecule has 3 heteroatoms. The first-order chi connectivity index (χ1) is 9.95. The lowest BCUT2D eigenvalue weighted by molar-refractivity contribution is 0.0863. The van der Waals surface area contributed by atoms with Gasteiger partial charge in [0.25, 0.3) is 0 Å². The fraction of sp³-hybridized carbons (Fsp3) is 0.667. The van der Waals surface area contributed by atoms with Gasteiger partial charge in [0.15, 0.2) is 0 Å². The molecule has 1 heterocycles. The standard InChI is InChI=1S/C18H29FN2/c1-14-11-15(13-16(19)12-14)17(20-4)18(2,3)21-9-7-5-6-8-10-21/h11-13,17,20H,5-10H2,1-4H3. The first-order valence-electron chi connectivity index (χ1n) is 8.14. The zero-order valence-electron chi connectivity index (χ0n) is 13.9. The highest BCUT2D eigenvalue weighted by atomic mass is 19.1. The van der Waals surface area contributed by atoms with E-state index in [-0.39, 0.29) is 17.4 Å². The molecule has 0 spiro atoms. The Hall–Kier alpha value is -0.930. The number of nitrogens with zero attached hydrogens (tertiary/aromatic N) is 1. The molecular weight excluding hydrogens is 263 g/mol. The van der Waals surface area contributed by atoms with Crippen LogP contribution in [0.15, 0.2) is 18.2 Å². The van der Waals surface area contributed by atoms with Crippen LogP contribution in [0, 0.1) is 12.7 Å². The lowest BCUT2D eigenvalue weighted by atomic mass is 9.86. The molecule has 0 radical (unpaired) electrons. The molecule has 2 rings (SSSR count). The average Bonchev–Trinajstić information content (AvgIpc) is 2.67. The zero-order valence-corrected chi connectivity index (χ0v) is 13.9. The average molecular weight is 292 g/mol. The number of hydrogen-bond donors (Lipinski definition) is 1. The molecule has 1 aliphatic rings. The number of likely N-dealkylation sites (tertiary alicyclic amines) is 1. The van der Waals surface area contributed by atoms with Crippen LogP contribution in [-0.4, -0.2) is 30.6 Å². The maximum atomic E-state index is 13.8. The number of benzene rings is 1. The Bertz CT molecular complexity index is 442. The molecule has 0 aromatic heterocycles. The van der Waals surface area contributed by atoms with Crippen LogP contribution < -0.4 is 5.32 Å². The normalized spacial score (nSPS) is 19.3. The second-order valence-electron chi connectivity index (χ2n) is 6.84. The van der Waals surface area contributed by atoms with Crippen LogP contribution >= 0.6 is 0 Å². The van der Waals surface area contributed by atoms with Gasteiger partial charge in [-0.2, -0.15) is 0 Å². The minimum Gasteiger partial charge on any atom is -0.311 e. The van der Waals surface area contributed by atoms with E-state index in [1.165, 1.54) is 25.7 Å². The number of hydrogen-bond acceptors (Lipinski definition) is 2. The van der Waals surface area contributed by atoms with E-state index in [1.807, 2.05) is 14.0 Å². The van der Waals surface area contributed by atoms with Crippen molar-refractivity contribution in [1.82, 2.24) is 10.2 Å². The van der Waals surface area contributed by atoms with Gasteiger partial charge in [0.2, 0.25) is 0 Å². The molecule has 1 saturated heterocycles. The van der Waals surface area contributed by atoms with Crippen molar-refractivity contribution in [2.75, 3.05) is 20.1 Å². The van der Waals surface area contributed by atoms with Crippen molar-refractivity contribution in [2.24, 2.45) is 0 Å². The molecule has 1 atom stereocenters. The van der Waals surface area contributed by atoms with Crippen LogP contribution in [0.3, 0.4) is 0 Å². The molecule has 1 aliphatic heterocycles. The van der Waals surface area contributed by atoms with Gasteiger partial charge < -0.3 is 5.32 Å². The van der Waals surface area contributed by atoms with Crippen molar-refractivity contribution in [2.45, 2.75) is 58.0 Å². The second kappa shape index (κ2) is 6.89. The predicted molar refractivity (Wildman–Crippen MR) is 87.1 cm³/mol. The van der Waals surface area contributed by atoms with Crippen LogP contribution in [-0.2, 0) is 0 Å². The van der Waals surface area contributed by atoms with E-state index in [2.05, 4.69) is 30.1 Å². The third-order valence-electron chi connectivity index (χ3n) is 4.81. The second-order valence-corrected chi connectivity index (χ2v) is 6.84. The van der Waals surface area contributed by atoms with Crippen molar-refractivity contribution in [3.8, 4) is 0 Å². The van der Waals surface area contributed by atoms with Crippen molar-refractivity contribution >= 4 is 0 Å². The van der Waals surface area contributed by atoms with Gasteiger partial charge in [-0.1, -0.05) is 18.9 Å². The van der Waals surface area contributed by atoms with Gasteiger partial charge in [0.1, 0.15) is 5.82 Å². The molecule has 1 unspecified atom stereocenters. The molecule has 1 aromatic rings. The minimum atomic E-state index is -0.142. The number of likely N-dealkylation sites (N-methyl/N-ethyl adjacent to an activating group) is 1. The molecule has 0 amide bonds. The van der Waals surface area contributed by atoms with Crippen LogP contribution in [0.25, 0.3) is 0 Å². The summed E-state index contributed by atoms with van der Waals surface area (Å²) < 4.78 is 13.8. The van der Waals surface area contributed by atoms with E-state index in [4.69, 9.17) is 0 Å². The Morgan fingerprint density at radius 1 is 1.10 bits per heavy atom. The van der Waals surface area contributed by atoms with Crippen LogP contribution in [0.5, 0.6) is 0 Å². The quantitative estimate of drug-likeness (QED) is 0.900. The van der Waals surface area contributed by atoms with Crippen LogP contribution in [0.4, 0.5) is 4.39 Å². The highest BCUT2D eigenvalue weighted by molar-refractivity contribution is 5.28. The molecule has 1 fully saturated rings. The zero-order chi connectivity index (χ0) is 15.5. The maximum absolute atomic E-state index is 13.8. The predicted octanol–water partition coefficient (Wildman–Crippen LogP) is 4.05. The first-order valence-corrected chi connectivity index (χ1v) is 8.14. The maximum Gasteiger partial charge on any atom is 0.123 e. The van der Waals surface area contributed by atoms with Gasteiger partial charge in [-0.15, -0.1) is 0 Å². The smallest absolute Gasteiger partial charge is 0.123 e. The summed E-state index contributed by atoms with van der Waals surface area (Å²) >= 11 is 0. The molecule has 118 valence electrons. The topological polar surface area (TPSA) is 15.3 Å². The van der Waals surface area contributed by atoms with Crippen molar-refractivity contribution in [3.63, 3.8) is 0 Å². The number of nitrogens with one attached hydrogen (secondary N) is 1. The minimum absolute atomic E-state index is 0.0284. The van der Waals surface area contributed by atoms with Gasteiger partial charge in [-0.05, 0) is 77.0 Å². The van der Waals surface area contributed by atoms with Gasteiger partial charge in [0, 0.05) is 5.54 Å². The van der Waals surface area contributed by atoms with E-state index in [1.54, 1.807) is 12.1 Å². The lowest BCUT2D eigenvalue weighted by Crippen LogP contribution is -2.52. The first kappa shape index (κ1) is 16.4. The summed E-state index contributed by atoms with van der Waals surface area (Å²) in [6.45, 7) is 8.79. The Kier molecular flexibility index (Phi) is 5.39. The summed E-state index contributed by atoms with van der Waals surface area (Å²) in [5.41, 5.74) is 2.00. The number of aryl methyl sites for hydroxylation is 1. The van der Waals surface area contributed by atoms with Crippen molar-refractivity contribution in [3.05, 3.63) is 35.1 Å². The number of rotatable bonds is 4. The summed E-state index contributed by atoms with van der Waals surface area (Å²) in [6.07, 6.45) is 5.19. The molecule has 0 aliphatic carbocycles. The van der Waals surface area contributed by atoms with Gasteiger partial charge >= 0.3 is 0 Å². The summed E-state index contributed by atoms with van der Waals surface area (Å²) in [5, 5.41) is 3.42. The highest BCUT2D eigenvalue weighted by Crippen LogP contribution is 2.33. The van der Waals surface area contributed by atoms with Crippen molar-refractivity contribution in [1.29, 1.82) is 0 Å². The molecule has 1 aromatic carbocycles. The monoisotopic (exact) mass is 292 g/mol. The summed E-state index contributed by atoms with van der Waals surface area (Å²) in [4.78, 5) is 2.57. The van der Waals surface area contributed by atoms with Gasteiger partial charge in [-0.3, -0.25) is 4.90 Å². The molecule has 2 nitrogen and oxygen atoms in total. The Morgan fingerprint density at radius 2 is 1.71 bits per heavy atom. The summed E-state index contributed by atoms with van der Waals surface area (Å²) in [5.74, 6) is -0.142. The summed E-state index contributed by atoms with van der Waals surface area (Å²) in [7, 11) is 1.98. The highest BCUT2D eigenvalue weighted by Gasteiger charge is 2.35. The van der Waals surface area contributed by atoms with Crippen LogP contribution in [0.2, 0.25) is 0 Å². The third-order valence-corrected chi connectivity index (χ3v) is 4.81. The molecular formula is C18H29FN2. The number of halogens is 1. The summed E-state index contributed by atoms with van der Waals surface area (Å²) in [6, 6.07) is 5.50. The fourth-order valence-corrected chi connectivity index (χ4v) is 3.69. The van der Waals surface area contributed by atoms with E-state index >= 15 is 0 Å². The van der Waals surface area contributed by atoms with Gasteiger partial charge in [-0.25, -0.2) is 4.39 Å². The fourth-order valence-electron chi connectivity index (χ4n) is 3.69. The third kappa shape index (κ3) is 3.83. The van der Waals surface area contributed by atoms with E-state index in [0.29, 0.717) is 0 Å². The lowest BCUT2D eigenvalue weighted by Gasteiger charge is -2.44. The van der Waals surface area contributed by atoms with Crippen molar-refractivity contribution < 1.29 is 4.39 Å². The van der Waals surface area contributed by atoms with E-state index in [9.17, 15) is 4.39 Å². The molecule has 21 heavy (non-hydrogen) atoms. The van der Waals surface area contributed by atoms with E-state index in [0.717, 1.165) is 24.2 Å². The molecule has 0 saturated carbocycles. The van der Waals surface area contributed by atoms with E-state index < -0.39 is 0 Å². The van der Waals surface area contributed by atoms with Gasteiger partial charge in [0.05, 0.1) is 6.04 Å².